The fourth-order valence-corrected chi connectivity index (χ4v) is 3.59. The Morgan fingerprint density at radius 3 is 0.880 bits per heavy atom. The largest absolute Gasteiger partial charge is 0.460 e. The van der Waals surface area contributed by atoms with E-state index in [9.17, 15) is 14.4 Å². The van der Waals surface area contributed by atoms with E-state index >= 15 is 0 Å². The second-order valence-electron chi connectivity index (χ2n) is 9.88. The van der Waals surface area contributed by atoms with Crippen LogP contribution in [0.15, 0.2) is 24.8 Å². The first-order chi connectivity index (χ1) is 24.6. The van der Waals surface area contributed by atoms with E-state index in [2.05, 4.69) is 6.58 Å². The molecular weight excluding hydrogens is 666 g/mol. The maximum absolute atomic E-state index is 11.4. The van der Waals surface area contributed by atoms with Gasteiger partial charge in [-0.3, -0.25) is 14.5 Å². The van der Waals surface area contributed by atoms with Crippen molar-refractivity contribution in [3.8, 4) is 0 Å². The highest BCUT2D eigenvalue weighted by atomic mass is 16.6. The number of amides is 2. The summed E-state index contributed by atoms with van der Waals surface area (Å²) in [6.07, 6.45) is 3.61. The van der Waals surface area contributed by atoms with Gasteiger partial charge in [-0.2, -0.15) is 0 Å². The fourth-order valence-electron chi connectivity index (χ4n) is 3.59. The molecule has 0 saturated carbocycles. The Morgan fingerprint density at radius 2 is 0.640 bits per heavy atom. The highest BCUT2D eigenvalue weighted by Crippen LogP contribution is 2.02. The molecule has 0 aromatic carbocycles. The monoisotopic (exact) mass is 723 g/mol. The van der Waals surface area contributed by atoms with E-state index in [0.717, 1.165) is 11.0 Å². The fraction of sp³-hybridized carbons (Fsp3) is 0.788. The van der Waals surface area contributed by atoms with Crippen LogP contribution in [0.4, 0.5) is 0 Å². The Labute approximate surface area is 295 Å². The predicted octanol–water partition coefficient (Wildman–Crippen LogP) is -0.160. The zero-order valence-electron chi connectivity index (χ0n) is 29.3. The Morgan fingerprint density at radius 1 is 0.420 bits per heavy atom. The lowest BCUT2D eigenvalue weighted by Crippen LogP contribution is -2.33. The van der Waals surface area contributed by atoms with Crippen molar-refractivity contribution in [3.63, 3.8) is 0 Å². The number of carbonyl (C=O) groups is 3. The Kier molecular flexibility index (Phi) is 33.2. The van der Waals surface area contributed by atoms with Crippen LogP contribution in [0.25, 0.3) is 0 Å². The number of nitrogens with zero attached hydrogens (tertiary/aromatic N) is 1. The number of imide groups is 1. The number of hydrogen-bond acceptors (Lipinski definition) is 16. The minimum absolute atomic E-state index is 0.191. The molecule has 1 rings (SSSR count). The smallest absolute Gasteiger partial charge is 0.330 e. The van der Waals surface area contributed by atoms with Crippen molar-refractivity contribution in [1.82, 2.24) is 4.90 Å². The maximum Gasteiger partial charge on any atom is 0.330 e. The van der Waals surface area contributed by atoms with Gasteiger partial charge in [-0.15, -0.1) is 0 Å². The lowest BCUT2D eigenvalue weighted by molar-refractivity contribution is -0.140. The van der Waals surface area contributed by atoms with Crippen molar-refractivity contribution in [2.45, 2.75) is 0 Å². The number of carbonyl (C=O) groups excluding carboxylic acids is 3. The zero-order valence-corrected chi connectivity index (χ0v) is 29.3. The van der Waals surface area contributed by atoms with E-state index in [1.807, 2.05) is 0 Å². The molecule has 0 aromatic heterocycles. The minimum atomic E-state index is -0.465. The molecular formula is C33H57NO16. The quantitative estimate of drug-likeness (QED) is 0.0353. The molecule has 50 heavy (non-hydrogen) atoms. The maximum atomic E-state index is 11.4. The van der Waals surface area contributed by atoms with E-state index in [-0.39, 0.29) is 31.6 Å². The van der Waals surface area contributed by atoms with Crippen molar-refractivity contribution in [2.75, 3.05) is 172 Å². The predicted molar refractivity (Wildman–Crippen MR) is 177 cm³/mol. The van der Waals surface area contributed by atoms with Crippen LogP contribution in [0.3, 0.4) is 0 Å². The Balaban J connectivity index is 1.62. The van der Waals surface area contributed by atoms with Crippen molar-refractivity contribution in [1.29, 1.82) is 0 Å². The molecule has 0 unspecified atom stereocenters. The lowest BCUT2D eigenvalue weighted by Gasteiger charge is -2.13. The van der Waals surface area contributed by atoms with Crippen LogP contribution in [0.2, 0.25) is 0 Å². The number of hydrogen-bond donors (Lipinski definition) is 0. The summed E-state index contributed by atoms with van der Waals surface area (Å²) in [6, 6.07) is 0. The van der Waals surface area contributed by atoms with Gasteiger partial charge >= 0.3 is 5.97 Å². The molecule has 0 aromatic rings. The Bertz CT molecular complexity index is 844. The second-order valence-corrected chi connectivity index (χ2v) is 9.88. The van der Waals surface area contributed by atoms with Crippen LogP contribution >= 0.6 is 0 Å². The summed E-state index contributed by atoms with van der Waals surface area (Å²) in [6.45, 7) is 14.4. The van der Waals surface area contributed by atoms with Crippen LogP contribution in [0, 0.1) is 0 Å². The first-order valence-corrected chi connectivity index (χ1v) is 16.9. The molecule has 0 saturated heterocycles. The van der Waals surface area contributed by atoms with Crippen molar-refractivity contribution in [2.24, 2.45) is 0 Å². The van der Waals surface area contributed by atoms with E-state index in [0.29, 0.717) is 152 Å². The third-order valence-electron chi connectivity index (χ3n) is 6.09. The molecule has 0 bridgehead atoms. The molecule has 1 heterocycles. The molecule has 1 aliphatic rings. The summed E-state index contributed by atoms with van der Waals surface area (Å²) in [4.78, 5) is 34.8. The highest BCUT2D eigenvalue weighted by molar-refractivity contribution is 6.12. The van der Waals surface area contributed by atoms with E-state index in [1.54, 1.807) is 0 Å². The average Bonchev–Trinajstić information content (AvgIpc) is 3.44. The molecule has 0 N–H and O–H groups in total. The summed E-state index contributed by atoms with van der Waals surface area (Å²) in [5.74, 6) is -1.09. The summed E-state index contributed by atoms with van der Waals surface area (Å²) >= 11 is 0. The van der Waals surface area contributed by atoms with Gasteiger partial charge in [0.15, 0.2) is 0 Å². The molecule has 17 nitrogen and oxygen atoms in total. The minimum Gasteiger partial charge on any atom is -0.460 e. The molecule has 0 radical (unpaired) electrons. The number of rotatable bonds is 40. The normalized spacial score (nSPS) is 12.8. The third kappa shape index (κ3) is 30.4. The van der Waals surface area contributed by atoms with Gasteiger partial charge in [-0.05, 0) is 0 Å². The molecule has 0 aliphatic carbocycles. The first-order valence-electron chi connectivity index (χ1n) is 16.9. The van der Waals surface area contributed by atoms with Crippen LogP contribution < -0.4 is 0 Å². The molecule has 0 spiro atoms. The highest BCUT2D eigenvalue weighted by Gasteiger charge is 2.22. The third-order valence-corrected chi connectivity index (χ3v) is 6.09. The van der Waals surface area contributed by atoms with E-state index in [1.165, 1.54) is 12.2 Å². The molecule has 17 heteroatoms. The van der Waals surface area contributed by atoms with Gasteiger partial charge in [0.05, 0.1) is 165 Å². The summed E-state index contributed by atoms with van der Waals surface area (Å²) in [7, 11) is 0. The average molecular weight is 724 g/mol. The summed E-state index contributed by atoms with van der Waals surface area (Å²) < 4.78 is 69.8. The Hall–Kier alpha value is -2.39. The van der Waals surface area contributed by atoms with Crippen LogP contribution in [-0.4, -0.2) is 194 Å². The van der Waals surface area contributed by atoms with Gasteiger partial charge in [0.2, 0.25) is 0 Å². The van der Waals surface area contributed by atoms with Gasteiger partial charge < -0.3 is 61.6 Å². The van der Waals surface area contributed by atoms with Crippen molar-refractivity contribution in [3.05, 3.63) is 24.8 Å². The van der Waals surface area contributed by atoms with E-state index < -0.39 is 5.97 Å². The number of esters is 1. The van der Waals surface area contributed by atoms with Gasteiger partial charge in [-0.1, -0.05) is 6.58 Å². The van der Waals surface area contributed by atoms with Crippen molar-refractivity contribution >= 4 is 17.8 Å². The van der Waals surface area contributed by atoms with Gasteiger partial charge in [0.25, 0.3) is 11.8 Å². The van der Waals surface area contributed by atoms with Crippen LogP contribution in [0.5, 0.6) is 0 Å². The first kappa shape index (κ1) is 45.6. The second kappa shape index (κ2) is 36.4. The summed E-state index contributed by atoms with van der Waals surface area (Å²) in [5.41, 5.74) is 0. The molecule has 290 valence electrons. The van der Waals surface area contributed by atoms with Crippen LogP contribution in [0.1, 0.15) is 0 Å². The van der Waals surface area contributed by atoms with Crippen molar-refractivity contribution < 1.29 is 76.0 Å². The molecule has 0 atom stereocenters. The lowest BCUT2D eigenvalue weighted by atomic mass is 10.5. The standard InChI is InChI=1S/C33H57NO16/c1-2-33(37)50-30-29-49-28-27-48-26-25-47-24-23-46-22-21-45-20-19-44-18-17-43-16-15-42-14-13-41-12-11-40-10-9-39-8-7-38-6-5-34-31(35)3-4-32(34)36/h2-4H,1,5-30H2. The number of ether oxygens (including phenoxy) is 13. The van der Waals surface area contributed by atoms with E-state index in [4.69, 9.17) is 61.6 Å². The topological polar surface area (TPSA) is 174 Å². The molecule has 2 amide bonds. The van der Waals surface area contributed by atoms with Crippen LogP contribution in [-0.2, 0) is 76.0 Å². The molecule has 1 aliphatic heterocycles. The zero-order chi connectivity index (χ0) is 36.0. The summed E-state index contributed by atoms with van der Waals surface area (Å²) in [5, 5.41) is 0. The molecule has 0 fully saturated rings. The SMILES string of the molecule is C=CC(=O)OCCOCCOCCOCCOCCOCCOCCOCCOCCOCCOCCOCCOCCN1C(=O)C=CC1=O. The van der Waals surface area contributed by atoms with Gasteiger partial charge in [-0.25, -0.2) is 4.79 Å². The van der Waals surface area contributed by atoms with Gasteiger partial charge in [0, 0.05) is 18.2 Å². The van der Waals surface area contributed by atoms with Gasteiger partial charge in [0.1, 0.15) is 6.61 Å².